The van der Waals surface area contributed by atoms with Gasteiger partial charge in [-0.3, -0.25) is 9.78 Å². The lowest BCUT2D eigenvalue weighted by Crippen LogP contribution is -2.42. The Morgan fingerprint density at radius 1 is 1.36 bits per heavy atom. The zero-order valence-electron chi connectivity index (χ0n) is 14.3. The molecular weight excluding hydrogens is 318 g/mol. The van der Waals surface area contributed by atoms with E-state index in [0.29, 0.717) is 19.7 Å². The Hall–Kier alpha value is -2.21. The summed E-state index contributed by atoms with van der Waals surface area (Å²) in [4.78, 5) is 23.3. The van der Waals surface area contributed by atoms with E-state index in [0.717, 1.165) is 56.1 Å². The summed E-state index contributed by atoms with van der Waals surface area (Å²) >= 11 is 0. The number of oxazole rings is 1. The quantitative estimate of drug-likeness (QED) is 0.852. The van der Waals surface area contributed by atoms with Crippen LogP contribution >= 0.6 is 0 Å². The lowest BCUT2D eigenvalue weighted by Gasteiger charge is -2.30. The molecule has 6 heteroatoms. The van der Waals surface area contributed by atoms with Gasteiger partial charge in [-0.05, 0) is 30.9 Å². The number of aryl methyl sites for hydroxylation is 2. The minimum atomic E-state index is 0.00671. The number of hydrogen-bond acceptors (Lipinski definition) is 5. The number of pyridine rings is 1. The van der Waals surface area contributed by atoms with Crippen molar-refractivity contribution in [2.45, 2.75) is 38.6 Å². The number of ether oxygens (including phenoxy) is 1. The number of aromatic nitrogens is 2. The molecule has 1 unspecified atom stereocenters. The number of nitrogens with zero attached hydrogens (tertiary/aromatic N) is 3. The minimum absolute atomic E-state index is 0.00671. The van der Waals surface area contributed by atoms with Crippen molar-refractivity contribution in [1.29, 1.82) is 0 Å². The van der Waals surface area contributed by atoms with E-state index in [1.54, 1.807) is 6.20 Å². The largest absolute Gasteiger partial charge is 0.445 e. The minimum Gasteiger partial charge on any atom is -0.445 e. The highest BCUT2D eigenvalue weighted by Gasteiger charge is 2.30. The topological polar surface area (TPSA) is 68.5 Å². The van der Waals surface area contributed by atoms with Crippen LogP contribution in [0.4, 0.5) is 0 Å². The lowest BCUT2D eigenvalue weighted by molar-refractivity contribution is -0.140. The second-order valence-electron chi connectivity index (χ2n) is 6.76. The van der Waals surface area contributed by atoms with E-state index < -0.39 is 0 Å². The van der Waals surface area contributed by atoms with E-state index in [1.165, 1.54) is 5.56 Å². The average Bonchev–Trinajstić information content (AvgIpc) is 3.09. The predicted molar refractivity (Wildman–Crippen MR) is 90.8 cm³/mol. The fourth-order valence-corrected chi connectivity index (χ4v) is 3.54. The van der Waals surface area contributed by atoms with Gasteiger partial charge in [0.2, 0.25) is 5.91 Å². The van der Waals surface area contributed by atoms with Crippen LogP contribution in [0.1, 0.15) is 35.7 Å². The molecule has 1 amide bonds. The Bertz CT molecular complexity index is 723. The molecule has 4 rings (SSSR count). The van der Waals surface area contributed by atoms with E-state index in [9.17, 15) is 4.79 Å². The Morgan fingerprint density at radius 2 is 2.32 bits per heavy atom. The second kappa shape index (κ2) is 7.35. The Labute approximate surface area is 147 Å². The smallest absolute Gasteiger partial charge is 0.228 e. The highest BCUT2D eigenvalue weighted by molar-refractivity contribution is 5.79. The van der Waals surface area contributed by atoms with Gasteiger partial charge in [-0.1, -0.05) is 6.07 Å². The van der Waals surface area contributed by atoms with Crippen molar-refractivity contribution in [1.82, 2.24) is 14.9 Å². The van der Waals surface area contributed by atoms with Crippen LogP contribution < -0.4 is 0 Å². The van der Waals surface area contributed by atoms with Crippen LogP contribution in [0.3, 0.4) is 0 Å². The van der Waals surface area contributed by atoms with Gasteiger partial charge < -0.3 is 14.1 Å². The molecule has 6 nitrogen and oxygen atoms in total. The molecule has 0 radical (unpaired) electrons. The molecule has 132 valence electrons. The van der Waals surface area contributed by atoms with Crippen LogP contribution in [-0.4, -0.2) is 40.5 Å². The van der Waals surface area contributed by atoms with Crippen molar-refractivity contribution in [3.8, 4) is 0 Å². The van der Waals surface area contributed by atoms with Crippen molar-refractivity contribution < 1.29 is 13.9 Å². The van der Waals surface area contributed by atoms with Gasteiger partial charge in [0.1, 0.15) is 11.5 Å². The number of rotatable bonds is 4. The molecule has 2 aromatic rings. The summed E-state index contributed by atoms with van der Waals surface area (Å²) < 4.78 is 11.4. The van der Waals surface area contributed by atoms with Crippen LogP contribution in [0.15, 0.2) is 28.9 Å². The molecule has 1 saturated heterocycles. The van der Waals surface area contributed by atoms with Gasteiger partial charge in [0.25, 0.3) is 0 Å². The first-order chi connectivity index (χ1) is 12.3. The number of carbonyl (C=O) groups excluding carboxylic acids is 1. The van der Waals surface area contributed by atoms with Crippen molar-refractivity contribution >= 4 is 5.91 Å². The predicted octanol–water partition coefficient (Wildman–Crippen LogP) is 2.17. The molecule has 1 fully saturated rings. The Kier molecular flexibility index (Phi) is 4.78. The van der Waals surface area contributed by atoms with Gasteiger partial charge in [-0.2, -0.15) is 0 Å². The van der Waals surface area contributed by atoms with Gasteiger partial charge in [0, 0.05) is 38.4 Å². The third-order valence-electron chi connectivity index (χ3n) is 4.94. The maximum atomic E-state index is 12.7. The van der Waals surface area contributed by atoms with E-state index in [4.69, 9.17) is 9.15 Å². The lowest BCUT2D eigenvalue weighted by atomic mass is 9.99. The summed E-state index contributed by atoms with van der Waals surface area (Å²) in [5.74, 6) is 1.90. The van der Waals surface area contributed by atoms with E-state index >= 15 is 0 Å². The van der Waals surface area contributed by atoms with Gasteiger partial charge in [-0.15, -0.1) is 0 Å². The molecule has 0 aromatic carbocycles. The zero-order chi connectivity index (χ0) is 17.1. The van der Waals surface area contributed by atoms with E-state index in [2.05, 4.69) is 16.0 Å². The summed E-state index contributed by atoms with van der Waals surface area (Å²) in [7, 11) is 0. The zero-order valence-corrected chi connectivity index (χ0v) is 14.3. The molecule has 2 aliphatic rings. The first kappa shape index (κ1) is 16.3. The maximum absolute atomic E-state index is 12.7. The van der Waals surface area contributed by atoms with Crippen molar-refractivity contribution in [3.63, 3.8) is 0 Å². The van der Waals surface area contributed by atoms with Gasteiger partial charge in [0.15, 0.2) is 5.89 Å². The number of hydrogen-bond donors (Lipinski definition) is 0. The first-order valence-electron chi connectivity index (χ1n) is 9.02. The van der Waals surface area contributed by atoms with Crippen LogP contribution in [0.25, 0.3) is 0 Å². The standard InChI is InChI=1S/C19H23N3O3/c23-19(15-4-2-10-24-13-15)22-9-7-17-16(12-22)21-18(25-17)6-5-14-3-1-8-20-11-14/h1,3,8,11,15H,2,4-7,9-10,12-13H2. The summed E-state index contributed by atoms with van der Waals surface area (Å²) in [5.41, 5.74) is 2.09. The van der Waals surface area contributed by atoms with Crippen LogP contribution in [0, 0.1) is 5.92 Å². The molecule has 0 aliphatic carbocycles. The molecule has 4 heterocycles. The van der Waals surface area contributed by atoms with Crippen molar-refractivity contribution in [3.05, 3.63) is 47.4 Å². The number of carbonyl (C=O) groups is 1. The molecular formula is C19H23N3O3. The third kappa shape index (κ3) is 3.74. The van der Waals surface area contributed by atoms with Gasteiger partial charge >= 0.3 is 0 Å². The van der Waals surface area contributed by atoms with Gasteiger partial charge in [-0.25, -0.2) is 4.98 Å². The molecule has 0 saturated carbocycles. The maximum Gasteiger partial charge on any atom is 0.228 e. The SMILES string of the molecule is O=C(C1CCCOC1)N1CCc2oc(CCc3cccnc3)nc2C1. The molecule has 2 aromatic heterocycles. The van der Waals surface area contributed by atoms with Crippen molar-refractivity contribution in [2.75, 3.05) is 19.8 Å². The normalized spacial score (nSPS) is 20.3. The Morgan fingerprint density at radius 3 is 3.12 bits per heavy atom. The Balaban J connectivity index is 1.38. The fourth-order valence-electron chi connectivity index (χ4n) is 3.54. The van der Waals surface area contributed by atoms with Crippen LogP contribution in [0.5, 0.6) is 0 Å². The number of fused-ring (bicyclic) bond motifs is 1. The summed E-state index contributed by atoms with van der Waals surface area (Å²) in [6.07, 6.45) is 7.90. The highest BCUT2D eigenvalue weighted by Crippen LogP contribution is 2.24. The number of amides is 1. The molecule has 25 heavy (non-hydrogen) atoms. The molecule has 0 bridgehead atoms. The summed E-state index contributed by atoms with van der Waals surface area (Å²) in [5, 5.41) is 0. The van der Waals surface area contributed by atoms with Crippen molar-refractivity contribution in [2.24, 2.45) is 5.92 Å². The molecule has 0 spiro atoms. The highest BCUT2D eigenvalue weighted by atomic mass is 16.5. The van der Waals surface area contributed by atoms with Gasteiger partial charge in [0.05, 0.1) is 19.1 Å². The van der Waals surface area contributed by atoms with Crippen LogP contribution in [-0.2, 0) is 35.3 Å². The van der Waals surface area contributed by atoms with E-state index in [1.807, 2.05) is 17.2 Å². The molecule has 0 N–H and O–H groups in total. The van der Waals surface area contributed by atoms with E-state index in [-0.39, 0.29) is 11.8 Å². The molecule has 2 aliphatic heterocycles. The average molecular weight is 341 g/mol. The summed E-state index contributed by atoms with van der Waals surface area (Å²) in [6, 6.07) is 4.00. The third-order valence-corrected chi connectivity index (χ3v) is 4.94. The summed E-state index contributed by atoms with van der Waals surface area (Å²) in [6.45, 7) is 2.59. The first-order valence-corrected chi connectivity index (χ1v) is 9.02. The monoisotopic (exact) mass is 341 g/mol. The molecule has 1 atom stereocenters. The second-order valence-corrected chi connectivity index (χ2v) is 6.76. The fraction of sp³-hybridized carbons (Fsp3) is 0.526. The van der Waals surface area contributed by atoms with Crippen LogP contribution in [0.2, 0.25) is 0 Å².